The standard InChI is InChI=1S/C14H17BrN2O3/c1-8-2-3-17(12(4-8)14(19)20)13(18)9-5-10(15)7-11(16)6-9/h5-8,12H,2-4,16H2,1H3,(H,19,20). The maximum atomic E-state index is 12.5. The second-order valence-corrected chi connectivity index (χ2v) is 6.17. The second-order valence-electron chi connectivity index (χ2n) is 5.26. The molecule has 1 saturated heterocycles. The van der Waals surface area contributed by atoms with E-state index in [-0.39, 0.29) is 5.91 Å². The van der Waals surface area contributed by atoms with Crippen LogP contribution in [0.3, 0.4) is 0 Å². The summed E-state index contributed by atoms with van der Waals surface area (Å²) in [6, 6.07) is 4.18. The first-order chi connectivity index (χ1) is 9.38. The van der Waals surface area contributed by atoms with E-state index in [1.165, 1.54) is 4.90 Å². The maximum Gasteiger partial charge on any atom is 0.326 e. The molecule has 5 nitrogen and oxygen atoms in total. The molecule has 0 aromatic heterocycles. The van der Waals surface area contributed by atoms with Crippen LogP contribution in [0.15, 0.2) is 22.7 Å². The summed E-state index contributed by atoms with van der Waals surface area (Å²) in [5.74, 6) is -0.919. The molecule has 108 valence electrons. The minimum atomic E-state index is -0.951. The van der Waals surface area contributed by atoms with Crippen LogP contribution in [0.25, 0.3) is 0 Å². The number of amides is 1. The van der Waals surface area contributed by atoms with Crippen molar-refractivity contribution in [2.45, 2.75) is 25.8 Å². The van der Waals surface area contributed by atoms with Crippen molar-refractivity contribution in [2.75, 3.05) is 12.3 Å². The van der Waals surface area contributed by atoms with Gasteiger partial charge in [-0.25, -0.2) is 4.79 Å². The molecule has 1 amide bonds. The van der Waals surface area contributed by atoms with Crippen LogP contribution in [-0.4, -0.2) is 34.5 Å². The van der Waals surface area contributed by atoms with Crippen LogP contribution in [0, 0.1) is 5.92 Å². The molecule has 3 N–H and O–H groups in total. The molecule has 0 aliphatic carbocycles. The zero-order valence-corrected chi connectivity index (χ0v) is 12.8. The molecule has 1 aliphatic heterocycles. The molecule has 6 heteroatoms. The number of nitrogens with zero attached hydrogens (tertiary/aromatic N) is 1. The van der Waals surface area contributed by atoms with Crippen molar-refractivity contribution in [3.8, 4) is 0 Å². The third-order valence-electron chi connectivity index (χ3n) is 3.58. The number of likely N-dealkylation sites (tertiary alicyclic amines) is 1. The number of aliphatic carboxylic acids is 1. The molecule has 0 radical (unpaired) electrons. The summed E-state index contributed by atoms with van der Waals surface area (Å²) in [6.45, 7) is 2.47. The third kappa shape index (κ3) is 3.12. The van der Waals surface area contributed by atoms with Gasteiger partial charge in [0.1, 0.15) is 6.04 Å². The van der Waals surface area contributed by atoms with Crippen LogP contribution in [0.2, 0.25) is 0 Å². The quantitative estimate of drug-likeness (QED) is 0.809. The van der Waals surface area contributed by atoms with E-state index in [4.69, 9.17) is 5.73 Å². The normalized spacial score (nSPS) is 22.6. The number of anilines is 1. The van der Waals surface area contributed by atoms with Gasteiger partial charge < -0.3 is 15.7 Å². The number of benzene rings is 1. The van der Waals surface area contributed by atoms with Crippen LogP contribution in [0.5, 0.6) is 0 Å². The van der Waals surface area contributed by atoms with E-state index in [1.807, 2.05) is 6.92 Å². The van der Waals surface area contributed by atoms with Crippen molar-refractivity contribution in [3.63, 3.8) is 0 Å². The smallest absolute Gasteiger partial charge is 0.326 e. The molecule has 1 fully saturated rings. The molecule has 1 heterocycles. The number of nitrogens with two attached hydrogens (primary N) is 1. The van der Waals surface area contributed by atoms with Crippen LogP contribution >= 0.6 is 15.9 Å². The molecule has 2 atom stereocenters. The lowest BCUT2D eigenvalue weighted by Crippen LogP contribution is -2.49. The van der Waals surface area contributed by atoms with Gasteiger partial charge in [-0.1, -0.05) is 22.9 Å². The minimum absolute atomic E-state index is 0.280. The average molecular weight is 341 g/mol. The average Bonchev–Trinajstić information content (AvgIpc) is 2.36. The molecule has 1 aromatic rings. The van der Waals surface area contributed by atoms with Gasteiger partial charge in [0.2, 0.25) is 0 Å². The molecular weight excluding hydrogens is 324 g/mol. The first kappa shape index (κ1) is 14.8. The van der Waals surface area contributed by atoms with Crippen molar-refractivity contribution in [1.29, 1.82) is 0 Å². The van der Waals surface area contributed by atoms with Crippen LogP contribution in [0.4, 0.5) is 5.69 Å². The number of carbonyl (C=O) groups is 2. The third-order valence-corrected chi connectivity index (χ3v) is 4.04. The van der Waals surface area contributed by atoms with Crippen LogP contribution in [0.1, 0.15) is 30.1 Å². The molecule has 0 bridgehead atoms. The summed E-state index contributed by atoms with van der Waals surface area (Å²) in [5, 5.41) is 9.30. The summed E-state index contributed by atoms with van der Waals surface area (Å²) < 4.78 is 0.707. The number of rotatable bonds is 2. The zero-order chi connectivity index (χ0) is 14.9. The summed E-state index contributed by atoms with van der Waals surface area (Å²) in [4.78, 5) is 25.3. The Morgan fingerprint density at radius 3 is 2.70 bits per heavy atom. The Hall–Kier alpha value is -1.56. The van der Waals surface area contributed by atoms with Gasteiger partial charge in [0.15, 0.2) is 0 Å². The van der Waals surface area contributed by atoms with Crippen molar-refractivity contribution in [3.05, 3.63) is 28.2 Å². The van der Waals surface area contributed by atoms with Crippen molar-refractivity contribution >= 4 is 33.5 Å². The molecule has 2 rings (SSSR count). The number of carboxylic acids is 1. The van der Waals surface area contributed by atoms with Gasteiger partial charge in [-0.3, -0.25) is 4.79 Å². The first-order valence-corrected chi connectivity index (χ1v) is 7.27. The van der Waals surface area contributed by atoms with E-state index in [1.54, 1.807) is 18.2 Å². The van der Waals surface area contributed by atoms with Crippen molar-refractivity contribution < 1.29 is 14.7 Å². The summed E-state index contributed by atoms with van der Waals surface area (Å²) in [7, 11) is 0. The van der Waals surface area contributed by atoms with Crippen molar-refractivity contribution in [2.24, 2.45) is 5.92 Å². The molecule has 0 spiro atoms. The van der Waals surface area contributed by atoms with Gasteiger partial charge in [0.05, 0.1) is 0 Å². The highest BCUT2D eigenvalue weighted by atomic mass is 79.9. The van der Waals surface area contributed by atoms with E-state index in [0.29, 0.717) is 34.6 Å². The summed E-state index contributed by atoms with van der Waals surface area (Å²) in [6.07, 6.45) is 1.31. The van der Waals surface area contributed by atoms with Crippen molar-refractivity contribution in [1.82, 2.24) is 4.90 Å². The van der Waals surface area contributed by atoms with Gasteiger partial charge in [-0.2, -0.15) is 0 Å². The molecule has 1 aliphatic rings. The number of hydrogen-bond acceptors (Lipinski definition) is 3. The van der Waals surface area contributed by atoms with Gasteiger partial charge in [0.25, 0.3) is 5.91 Å². The summed E-state index contributed by atoms with van der Waals surface area (Å²) >= 11 is 3.29. The molecule has 20 heavy (non-hydrogen) atoms. The Labute approximate surface area is 125 Å². The Morgan fingerprint density at radius 2 is 2.10 bits per heavy atom. The zero-order valence-electron chi connectivity index (χ0n) is 11.2. The monoisotopic (exact) mass is 340 g/mol. The lowest BCUT2D eigenvalue weighted by Gasteiger charge is -2.36. The maximum absolute atomic E-state index is 12.5. The fourth-order valence-electron chi connectivity index (χ4n) is 2.52. The number of halogens is 1. The fraction of sp³-hybridized carbons (Fsp3) is 0.429. The fourth-order valence-corrected chi connectivity index (χ4v) is 3.03. The first-order valence-electron chi connectivity index (χ1n) is 6.48. The van der Waals surface area contributed by atoms with Crippen LogP contribution in [-0.2, 0) is 4.79 Å². The lowest BCUT2D eigenvalue weighted by atomic mass is 9.92. The Morgan fingerprint density at radius 1 is 1.40 bits per heavy atom. The SMILES string of the molecule is CC1CCN(C(=O)c2cc(N)cc(Br)c2)C(C(=O)O)C1. The van der Waals surface area contributed by atoms with Gasteiger partial charge in [-0.15, -0.1) is 0 Å². The Balaban J connectivity index is 2.28. The largest absolute Gasteiger partial charge is 0.480 e. The predicted octanol–water partition coefficient (Wildman–Crippen LogP) is 2.36. The number of nitrogen functional groups attached to an aromatic ring is 1. The Bertz CT molecular complexity index is 527. The van der Waals surface area contributed by atoms with E-state index in [0.717, 1.165) is 6.42 Å². The van der Waals surface area contributed by atoms with E-state index >= 15 is 0 Å². The van der Waals surface area contributed by atoms with Gasteiger partial charge in [-0.05, 0) is 37.0 Å². The minimum Gasteiger partial charge on any atom is -0.480 e. The lowest BCUT2D eigenvalue weighted by molar-refractivity contribution is -0.144. The number of piperidine rings is 1. The second kappa shape index (κ2) is 5.83. The van der Waals surface area contributed by atoms with E-state index < -0.39 is 12.0 Å². The number of carbonyl (C=O) groups excluding carboxylic acids is 1. The van der Waals surface area contributed by atoms with Gasteiger partial charge in [0, 0.05) is 22.3 Å². The molecule has 1 aromatic carbocycles. The van der Waals surface area contributed by atoms with E-state index in [2.05, 4.69) is 15.9 Å². The molecule has 0 saturated carbocycles. The molecule has 2 unspecified atom stereocenters. The highest BCUT2D eigenvalue weighted by molar-refractivity contribution is 9.10. The summed E-state index contributed by atoms with van der Waals surface area (Å²) in [5.41, 5.74) is 6.61. The number of carboxylic acid groups (broad SMARTS) is 1. The van der Waals surface area contributed by atoms with E-state index in [9.17, 15) is 14.7 Å². The van der Waals surface area contributed by atoms with Gasteiger partial charge >= 0.3 is 5.97 Å². The highest BCUT2D eigenvalue weighted by Crippen LogP contribution is 2.26. The number of hydrogen-bond donors (Lipinski definition) is 2. The molecular formula is C14H17BrN2O3. The Kier molecular flexibility index (Phi) is 4.32. The van der Waals surface area contributed by atoms with Crippen LogP contribution < -0.4 is 5.73 Å². The predicted molar refractivity (Wildman–Crippen MR) is 79.4 cm³/mol. The topological polar surface area (TPSA) is 83.6 Å². The highest BCUT2D eigenvalue weighted by Gasteiger charge is 2.35.